The maximum Gasteiger partial charge on any atom is 0.180 e. The largest absolute Gasteiger partial charge is 0.493 e. The summed E-state index contributed by atoms with van der Waals surface area (Å²) in [6, 6.07) is 3.85. The third-order valence-electron chi connectivity index (χ3n) is 3.45. The van der Waals surface area contributed by atoms with Crippen LogP contribution in [-0.4, -0.2) is 32.1 Å². The van der Waals surface area contributed by atoms with Crippen LogP contribution in [0.4, 0.5) is 0 Å². The number of methoxy groups -OCH3 is 2. The number of carbonyl (C=O) groups is 1. The molecule has 0 saturated heterocycles. The van der Waals surface area contributed by atoms with Crippen molar-refractivity contribution in [3.05, 3.63) is 23.3 Å². The number of rotatable bonds is 4. The van der Waals surface area contributed by atoms with E-state index in [1.165, 1.54) is 0 Å². The quantitative estimate of drug-likeness (QED) is 0.928. The number of nitrogens with one attached hydrogen (secondary N) is 1. The van der Waals surface area contributed by atoms with Crippen molar-refractivity contribution < 1.29 is 14.3 Å². The highest BCUT2D eigenvalue weighted by molar-refractivity contribution is 6.03. The predicted molar refractivity (Wildman–Crippen MR) is 81.5 cm³/mol. The molecule has 0 radical (unpaired) electrons. The molecular formula is C15H22ClNO3. The first-order chi connectivity index (χ1) is 9.08. The Bertz CT molecular complexity index is 488. The number of halogens is 1. The second-order valence-corrected chi connectivity index (χ2v) is 5.10. The van der Waals surface area contributed by atoms with E-state index < -0.39 is 0 Å². The number of ether oxygens (including phenoxy) is 2. The van der Waals surface area contributed by atoms with Gasteiger partial charge in [0.1, 0.15) is 0 Å². The molecule has 4 nitrogen and oxygen atoms in total. The first kappa shape index (κ1) is 16.8. The normalized spacial score (nSPS) is 17.4. The summed E-state index contributed by atoms with van der Waals surface area (Å²) in [4.78, 5) is 12.5. The number of hydrogen-bond acceptors (Lipinski definition) is 4. The van der Waals surface area contributed by atoms with Crippen molar-refractivity contribution >= 4 is 18.2 Å². The second kappa shape index (κ2) is 6.95. The van der Waals surface area contributed by atoms with Gasteiger partial charge in [-0.1, -0.05) is 13.8 Å². The molecule has 0 heterocycles. The van der Waals surface area contributed by atoms with Crippen LogP contribution in [0.3, 0.4) is 0 Å². The van der Waals surface area contributed by atoms with Crippen LogP contribution in [0.5, 0.6) is 11.5 Å². The topological polar surface area (TPSA) is 47.6 Å². The Labute approximate surface area is 126 Å². The standard InChI is InChI=1S/C15H21NO3.ClH/c1-9(2)16-12-7-5-11-10(14(12)17)6-8-13(18-3)15(11)19-4;/h6,8-9,12,16H,5,7H2,1-4H3;1H. The zero-order valence-electron chi connectivity index (χ0n) is 12.4. The zero-order valence-corrected chi connectivity index (χ0v) is 13.2. The molecule has 0 aromatic heterocycles. The van der Waals surface area contributed by atoms with E-state index in [2.05, 4.69) is 19.2 Å². The number of Topliss-reactive ketones (excluding diaryl/α,β-unsaturated/α-hetero) is 1. The minimum Gasteiger partial charge on any atom is -0.493 e. The van der Waals surface area contributed by atoms with Gasteiger partial charge in [0.25, 0.3) is 0 Å². The Morgan fingerprint density at radius 2 is 1.95 bits per heavy atom. The van der Waals surface area contributed by atoms with Crippen molar-refractivity contribution in [2.45, 2.75) is 38.8 Å². The highest BCUT2D eigenvalue weighted by Gasteiger charge is 2.30. The molecule has 0 fully saturated rings. The Hall–Kier alpha value is -1.26. The van der Waals surface area contributed by atoms with Crippen LogP contribution in [-0.2, 0) is 6.42 Å². The molecular weight excluding hydrogens is 278 g/mol. The average Bonchev–Trinajstić information content (AvgIpc) is 2.40. The molecule has 0 saturated carbocycles. The Morgan fingerprint density at radius 3 is 2.50 bits per heavy atom. The van der Waals surface area contributed by atoms with Crippen LogP contribution in [0.1, 0.15) is 36.2 Å². The van der Waals surface area contributed by atoms with E-state index in [1.54, 1.807) is 20.3 Å². The second-order valence-electron chi connectivity index (χ2n) is 5.10. The van der Waals surface area contributed by atoms with Gasteiger partial charge in [-0.15, -0.1) is 12.4 Å². The van der Waals surface area contributed by atoms with Crippen LogP contribution in [0, 0.1) is 0 Å². The summed E-state index contributed by atoms with van der Waals surface area (Å²) in [5.41, 5.74) is 1.72. The fourth-order valence-electron chi connectivity index (χ4n) is 2.64. The maximum absolute atomic E-state index is 12.5. The molecule has 0 aliphatic heterocycles. The molecule has 5 heteroatoms. The summed E-state index contributed by atoms with van der Waals surface area (Å²) < 4.78 is 10.7. The van der Waals surface area contributed by atoms with Crippen molar-refractivity contribution in [1.29, 1.82) is 0 Å². The molecule has 20 heavy (non-hydrogen) atoms. The van der Waals surface area contributed by atoms with Gasteiger partial charge in [-0.3, -0.25) is 4.79 Å². The lowest BCUT2D eigenvalue weighted by molar-refractivity contribution is 0.0921. The molecule has 0 amide bonds. The van der Waals surface area contributed by atoms with Gasteiger partial charge in [0.2, 0.25) is 0 Å². The van der Waals surface area contributed by atoms with E-state index in [9.17, 15) is 4.79 Å². The predicted octanol–water partition coefficient (Wildman–Crippen LogP) is 2.62. The van der Waals surface area contributed by atoms with Crippen LogP contribution in [0.2, 0.25) is 0 Å². The summed E-state index contributed by atoms with van der Waals surface area (Å²) in [5.74, 6) is 1.52. The number of benzene rings is 1. The Kier molecular flexibility index (Phi) is 5.84. The van der Waals surface area contributed by atoms with Crippen LogP contribution in [0.15, 0.2) is 12.1 Å². The molecule has 0 spiro atoms. The van der Waals surface area contributed by atoms with Gasteiger partial charge in [-0.2, -0.15) is 0 Å². The molecule has 1 aromatic rings. The number of carbonyl (C=O) groups excluding carboxylic acids is 1. The molecule has 1 aromatic carbocycles. The van der Waals surface area contributed by atoms with Gasteiger partial charge in [-0.05, 0) is 25.0 Å². The van der Waals surface area contributed by atoms with E-state index in [0.29, 0.717) is 17.5 Å². The van der Waals surface area contributed by atoms with Crippen molar-refractivity contribution in [3.63, 3.8) is 0 Å². The van der Waals surface area contributed by atoms with Gasteiger partial charge < -0.3 is 14.8 Å². The van der Waals surface area contributed by atoms with E-state index >= 15 is 0 Å². The molecule has 1 aliphatic carbocycles. The summed E-state index contributed by atoms with van der Waals surface area (Å²) >= 11 is 0. The van der Waals surface area contributed by atoms with E-state index in [1.807, 2.05) is 6.07 Å². The molecule has 1 aliphatic rings. The van der Waals surface area contributed by atoms with Crippen LogP contribution in [0.25, 0.3) is 0 Å². The van der Waals surface area contributed by atoms with E-state index in [-0.39, 0.29) is 24.2 Å². The van der Waals surface area contributed by atoms with Crippen molar-refractivity contribution in [1.82, 2.24) is 5.32 Å². The first-order valence-electron chi connectivity index (χ1n) is 6.62. The lowest BCUT2D eigenvalue weighted by Gasteiger charge is -2.27. The molecule has 2 rings (SSSR count). The molecule has 1 atom stereocenters. The van der Waals surface area contributed by atoms with Crippen LogP contribution >= 0.6 is 12.4 Å². The van der Waals surface area contributed by atoms with Gasteiger partial charge in [0.05, 0.1) is 20.3 Å². The summed E-state index contributed by atoms with van der Waals surface area (Å²) in [6.45, 7) is 4.11. The molecule has 1 unspecified atom stereocenters. The first-order valence-corrected chi connectivity index (χ1v) is 6.62. The highest BCUT2D eigenvalue weighted by atomic mass is 35.5. The fourth-order valence-corrected chi connectivity index (χ4v) is 2.64. The maximum atomic E-state index is 12.5. The molecule has 1 N–H and O–H groups in total. The molecule has 112 valence electrons. The minimum atomic E-state index is -0.0920. The smallest absolute Gasteiger partial charge is 0.180 e. The number of ketones is 1. The monoisotopic (exact) mass is 299 g/mol. The van der Waals surface area contributed by atoms with Gasteiger partial charge >= 0.3 is 0 Å². The SMILES string of the molecule is COc1ccc2c(c1OC)CCC(NC(C)C)C2=O.Cl. The highest BCUT2D eigenvalue weighted by Crippen LogP contribution is 2.37. The summed E-state index contributed by atoms with van der Waals surface area (Å²) in [5, 5.41) is 3.32. The average molecular weight is 300 g/mol. The third-order valence-corrected chi connectivity index (χ3v) is 3.45. The third kappa shape index (κ3) is 3.07. The van der Waals surface area contributed by atoms with Gasteiger partial charge in [0, 0.05) is 17.2 Å². The Balaban J connectivity index is 0.00000200. The van der Waals surface area contributed by atoms with Crippen molar-refractivity contribution in [2.75, 3.05) is 14.2 Å². The van der Waals surface area contributed by atoms with Gasteiger partial charge in [-0.25, -0.2) is 0 Å². The fraction of sp³-hybridized carbons (Fsp3) is 0.533. The lowest BCUT2D eigenvalue weighted by atomic mass is 9.86. The van der Waals surface area contributed by atoms with E-state index in [4.69, 9.17) is 9.47 Å². The summed E-state index contributed by atoms with van der Waals surface area (Å²) in [6.07, 6.45) is 1.62. The van der Waals surface area contributed by atoms with Crippen molar-refractivity contribution in [2.24, 2.45) is 0 Å². The number of hydrogen-bond donors (Lipinski definition) is 1. The Morgan fingerprint density at radius 1 is 1.25 bits per heavy atom. The minimum absolute atomic E-state index is 0. The number of fused-ring (bicyclic) bond motifs is 1. The molecule has 0 bridgehead atoms. The zero-order chi connectivity index (χ0) is 14.0. The van der Waals surface area contributed by atoms with Crippen molar-refractivity contribution in [3.8, 4) is 11.5 Å². The van der Waals surface area contributed by atoms with Crippen LogP contribution < -0.4 is 14.8 Å². The van der Waals surface area contributed by atoms with Gasteiger partial charge in [0.15, 0.2) is 17.3 Å². The summed E-state index contributed by atoms with van der Waals surface area (Å²) in [7, 11) is 3.22. The van der Waals surface area contributed by atoms with E-state index in [0.717, 1.165) is 24.0 Å². The lowest BCUT2D eigenvalue weighted by Crippen LogP contribution is -2.43.